The number of hydroxylamine groups is 1. The molecular weight excluding hydrogens is 456 g/mol. The summed E-state index contributed by atoms with van der Waals surface area (Å²) in [5.41, 5.74) is 1.49. The van der Waals surface area contributed by atoms with Crippen LogP contribution in [0, 0.1) is 33.1 Å². The van der Waals surface area contributed by atoms with Crippen LogP contribution in [0.4, 0.5) is 22.7 Å². The number of carbonyl (C=O) groups is 2. The van der Waals surface area contributed by atoms with Crippen molar-refractivity contribution < 1.29 is 24.3 Å². The standard InChI is InChI=1S/C24H18N4O7/c1-14-6-2-3-11-19(14)26-21(15-7-4-9-17(12-15)27(31)32)20-22(35-26)24(30)25(23(20)29)16-8-5-10-18(13-16)28(33)34/h2-13,20-22H,1H3. The number of benzene rings is 3. The molecule has 3 atom stereocenters. The van der Waals surface area contributed by atoms with E-state index in [4.69, 9.17) is 4.84 Å². The van der Waals surface area contributed by atoms with Crippen LogP contribution < -0.4 is 9.96 Å². The van der Waals surface area contributed by atoms with Crippen molar-refractivity contribution in [3.8, 4) is 0 Å². The van der Waals surface area contributed by atoms with Crippen molar-refractivity contribution in [2.24, 2.45) is 5.92 Å². The van der Waals surface area contributed by atoms with Crippen molar-refractivity contribution >= 4 is 34.6 Å². The van der Waals surface area contributed by atoms with Gasteiger partial charge in [0.25, 0.3) is 17.3 Å². The predicted octanol–water partition coefficient (Wildman–Crippen LogP) is 3.86. The quantitative estimate of drug-likeness (QED) is 0.309. The highest BCUT2D eigenvalue weighted by atomic mass is 16.7. The number of hydrogen-bond donors (Lipinski definition) is 0. The molecule has 2 heterocycles. The van der Waals surface area contributed by atoms with E-state index < -0.39 is 39.7 Å². The molecule has 35 heavy (non-hydrogen) atoms. The fourth-order valence-electron chi connectivity index (χ4n) is 4.60. The van der Waals surface area contributed by atoms with Crippen molar-refractivity contribution in [3.63, 3.8) is 0 Å². The van der Waals surface area contributed by atoms with Gasteiger partial charge in [-0.2, -0.15) is 0 Å². The van der Waals surface area contributed by atoms with Crippen LogP contribution in [0.5, 0.6) is 0 Å². The zero-order chi connectivity index (χ0) is 24.9. The van der Waals surface area contributed by atoms with Gasteiger partial charge in [-0.1, -0.05) is 36.4 Å². The molecule has 176 valence electrons. The van der Waals surface area contributed by atoms with Gasteiger partial charge in [0.1, 0.15) is 5.92 Å². The number of non-ortho nitro benzene ring substituents is 2. The molecule has 3 aromatic carbocycles. The molecule has 2 aliphatic heterocycles. The number of nitro benzene ring substituents is 2. The molecule has 0 aliphatic carbocycles. The Morgan fingerprint density at radius 2 is 1.49 bits per heavy atom. The van der Waals surface area contributed by atoms with Crippen LogP contribution in [0.3, 0.4) is 0 Å². The Labute approximate surface area is 198 Å². The summed E-state index contributed by atoms with van der Waals surface area (Å²) in [6.07, 6.45) is -1.20. The smallest absolute Gasteiger partial charge is 0.271 e. The number of fused-ring (bicyclic) bond motifs is 1. The lowest BCUT2D eigenvalue weighted by atomic mass is 9.90. The number of rotatable bonds is 5. The normalized spacial score (nSPS) is 21.3. The number of aryl methyl sites for hydroxylation is 1. The second-order valence-corrected chi connectivity index (χ2v) is 8.25. The highest BCUT2D eigenvalue weighted by Gasteiger charge is 2.60. The van der Waals surface area contributed by atoms with Gasteiger partial charge >= 0.3 is 0 Å². The molecule has 11 heteroatoms. The summed E-state index contributed by atoms with van der Waals surface area (Å²) in [7, 11) is 0. The molecule has 2 amide bonds. The third-order valence-electron chi connectivity index (χ3n) is 6.19. The minimum absolute atomic E-state index is 0.0624. The molecule has 0 spiro atoms. The maximum absolute atomic E-state index is 13.6. The number of imide groups is 1. The van der Waals surface area contributed by atoms with E-state index in [1.807, 2.05) is 19.1 Å². The van der Waals surface area contributed by atoms with E-state index in [-0.39, 0.29) is 17.1 Å². The van der Waals surface area contributed by atoms with Crippen LogP contribution in [0.2, 0.25) is 0 Å². The zero-order valence-electron chi connectivity index (χ0n) is 18.3. The van der Waals surface area contributed by atoms with Gasteiger partial charge in [0.15, 0.2) is 6.10 Å². The molecule has 3 unspecified atom stereocenters. The molecule has 11 nitrogen and oxygen atoms in total. The summed E-state index contributed by atoms with van der Waals surface area (Å²) in [5.74, 6) is -2.29. The van der Waals surface area contributed by atoms with E-state index in [9.17, 15) is 29.8 Å². The van der Waals surface area contributed by atoms with Gasteiger partial charge in [0.05, 0.1) is 27.3 Å². The van der Waals surface area contributed by atoms with Crippen molar-refractivity contribution in [2.75, 3.05) is 9.96 Å². The van der Waals surface area contributed by atoms with E-state index in [1.54, 1.807) is 18.2 Å². The first-order chi connectivity index (χ1) is 16.8. The van der Waals surface area contributed by atoms with Gasteiger partial charge in [-0.3, -0.25) is 34.7 Å². The molecular formula is C24H18N4O7. The topological polar surface area (TPSA) is 136 Å². The van der Waals surface area contributed by atoms with Gasteiger partial charge in [0, 0.05) is 24.3 Å². The lowest BCUT2D eigenvalue weighted by Crippen LogP contribution is -2.37. The molecule has 2 aliphatic rings. The first-order valence-electron chi connectivity index (χ1n) is 10.7. The average Bonchev–Trinajstić information content (AvgIpc) is 3.35. The maximum Gasteiger partial charge on any atom is 0.271 e. The minimum atomic E-state index is -1.20. The first-order valence-corrected chi connectivity index (χ1v) is 10.7. The van der Waals surface area contributed by atoms with E-state index in [0.717, 1.165) is 16.5 Å². The summed E-state index contributed by atoms with van der Waals surface area (Å²) < 4.78 is 0. The minimum Gasteiger partial charge on any atom is -0.273 e. The fourth-order valence-corrected chi connectivity index (χ4v) is 4.60. The lowest BCUT2D eigenvalue weighted by molar-refractivity contribution is -0.385. The zero-order valence-corrected chi connectivity index (χ0v) is 18.3. The highest BCUT2D eigenvalue weighted by Crippen LogP contribution is 2.48. The highest BCUT2D eigenvalue weighted by molar-refractivity contribution is 6.24. The van der Waals surface area contributed by atoms with Gasteiger partial charge in [-0.15, -0.1) is 0 Å². The Bertz CT molecular complexity index is 1390. The van der Waals surface area contributed by atoms with Gasteiger partial charge in [-0.05, 0) is 30.2 Å². The second kappa shape index (κ2) is 8.29. The van der Waals surface area contributed by atoms with Crippen LogP contribution in [-0.4, -0.2) is 27.8 Å². The third kappa shape index (κ3) is 3.58. The van der Waals surface area contributed by atoms with Gasteiger partial charge in [-0.25, -0.2) is 9.96 Å². The summed E-state index contributed by atoms with van der Waals surface area (Å²) in [4.78, 5) is 55.4. The number of nitrogens with zero attached hydrogens (tertiary/aromatic N) is 4. The van der Waals surface area contributed by atoms with E-state index in [1.165, 1.54) is 41.5 Å². The Kier molecular flexibility index (Phi) is 5.25. The number of para-hydroxylation sites is 1. The first kappa shape index (κ1) is 22.2. The summed E-state index contributed by atoms with van der Waals surface area (Å²) in [6, 6.07) is 17.5. The molecule has 0 radical (unpaired) electrons. The summed E-state index contributed by atoms with van der Waals surface area (Å²) >= 11 is 0. The molecule has 5 rings (SSSR count). The van der Waals surface area contributed by atoms with Crippen LogP contribution >= 0.6 is 0 Å². The number of hydrogen-bond acceptors (Lipinski definition) is 8. The van der Waals surface area contributed by atoms with Crippen LogP contribution in [0.15, 0.2) is 72.8 Å². The van der Waals surface area contributed by atoms with Crippen LogP contribution in [0.1, 0.15) is 17.2 Å². The summed E-state index contributed by atoms with van der Waals surface area (Å²) in [5, 5.41) is 24.1. The number of nitro groups is 2. The largest absolute Gasteiger partial charge is 0.273 e. The summed E-state index contributed by atoms with van der Waals surface area (Å²) in [6.45, 7) is 1.84. The van der Waals surface area contributed by atoms with Crippen molar-refractivity contribution in [1.29, 1.82) is 0 Å². The number of anilines is 2. The van der Waals surface area contributed by atoms with Gasteiger partial charge in [0.2, 0.25) is 5.91 Å². The second-order valence-electron chi connectivity index (χ2n) is 8.25. The van der Waals surface area contributed by atoms with E-state index in [2.05, 4.69) is 0 Å². The fraction of sp³-hybridized carbons (Fsp3) is 0.167. The molecule has 0 aromatic heterocycles. The molecule has 3 aromatic rings. The van der Waals surface area contributed by atoms with Gasteiger partial charge < -0.3 is 0 Å². The van der Waals surface area contributed by atoms with Crippen molar-refractivity contribution in [2.45, 2.75) is 19.1 Å². The van der Waals surface area contributed by atoms with E-state index >= 15 is 0 Å². The monoisotopic (exact) mass is 474 g/mol. The predicted molar refractivity (Wildman–Crippen MR) is 123 cm³/mol. The Balaban J connectivity index is 1.62. The van der Waals surface area contributed by atoms with Crippen molar-refractivity contribution in [3.05, 3.63) is 104 Å². The number of amides is 2. The maximum atomic E-state index is 13.6. The van der Waals surface area contributed by atoms with Crippen LogP contribution in [0.25, 0.3) is 0 Å². The van der Waals surface area contributed by atoms with Crippen LogP contribution in [-0.2, 0) is 14.4 Å². The molecule has 0 N–H and O–H groups in total. The Morgan fingerprint density at radius 3 is 2.17 bits per heavy atom. The Morgan fingerprint density at radius 1 is 0.829 bits per heavy atom. The molecule has 2 fully saturated rings. The lowest BCUT2D eigenvalue weighted by Gasteiger charge is -2.29. The average molecular weight is 474 g/mol. The molecule has 0 bridgehead atoms. The molecule has 2 saturated heterocycles. The SMILES string of the molecule is Cc1ccccc1N1OC2C(=O)N(c3cccc([N+](=O)[O-])c3)C(=O)C2C1c1cccc([N+](=O)[O-])c1. The Hall–Kier alpha value is -4.64. The molecule has 0 saturated carbocycles. The van der Waals surface area contributed by atoms with E-state index in [0.29, 0.717) is 11.3 Å². The third-order valence-corrected chi connectivity index (χ3v) is 6.19. The van der Waals surface area contributed by atoms with Crippen molar-refractivity contribution in [1.82, 2.24) is 0 Å². The number of carbonyl (C=O) groups excluding carboxylic acids is 2.